The van der Waals surface area contributed by atoms with E-state index in [-0.39, 0.29) is 11.6 Å². The second-order valence-corrected chi connectivity index (χ2v) is 5.72. The van der Waals surface area contributed by atoms with Gasteiger partial charge in [-0.05, 0) is 38.3 Å². The average Bonchev–Trinajstić information content (AvgIpc) is 2.59. The molecule has 20 heavy (non-hydrogen) atoms. The molecule has 1 amide bonds. The summed E-state index contributed by atoms with van der Waals surface area (Å²) < 4.78 is 0. The van der Waals surface area contributed by atoms with Crippen LogP contribution in [0.1, 0.15) is 36.7 Å². The second-order valence-electron chi connectivity index (χ2n) is 5.31. The number of rotatable bonds is 2. The fraction of sp³-hybridized carbons (Fsp3) is 0.538. The highest BCUT2D eigenvalue weighted by Crippen LogP contribution is 2.24. The maximum absolute atomic E-state index is 12.5. The number of halogens is 1. The van der Waals surface area contributed by atoms with Crippen LogP contribution >= 0.6 is 11.6 Å². The highest BCUT2D eigenvalue weighted by atomic mass is 35.5. The Labute approximate surface area is 122 Å². The van der Waals surface area contributed by atoms with Gasteiger partial charge in [-0.1, -0.05) is 11.6 Å². The largest absolute Gasteiger partial charge is 0.390 e. The summed E-state index contributed by atoms with van der Waals surface area (Å²) in [6, 6.07) is 3.19. The Balaban J connectivity index is 2.18. The highest BCUT2D eigenvalue weighted by molar-refractivity contribution is 6.33. The first-order valence-electron chi connectivity index (χ1n) is 6.58. The van der Waals surface area contributed by atoms with E-state index < -0.39 is 5.60 Å². The maximum atomic E-state index is 12.5. The van der Waals surface area contributed by atoms with Crippen LogP contribution in [-0.2, 0) is 0 Å². The molecule has 0 spiro atoms. The molecule has 0 saturated carbocycles. The van der Waals surface area contributed by atoms with Gasteiger partial charge in [-0.15, -0.1) is 0 Å². The van der Waals surface area contributed by atoms with Crippen molar-refractivity contribution in [2.24, 2.45) is 5.84 Å². The lowest BCUT2D eigenvalue weighted by Gasteiger charge is -2.22. The molecule has 1 unspecified atom stereocenters. The molecule has 4 N–H and O–H groups in total. The van der Waals surface area contributed by atoms with Gasteiger partial charge in [-0.2, -0.15) is 0 Å². The fourth-order valence-electron chi connectivity index (χ4n) is 2.29. The number of carbonyl (C=O) groups is 1. The second kappa shape index (κ2) is 5.95. The van der Waals surface area contributed by atoms with Gasteiger partial charge in [-0.3, -0.25) is 4.79 Å². The quantitative estimate of drug-likeness (QED) is 0.567. The molecule has 0 bridgehead atoms. The Kier molecular flexibility index (Phi) is 4.47. The average molecular weight is 299 g/mol. The number of anilines is 1. The van der Waals surface area contributed by atoms with E-state index in [2.05, 4.69) is 10.4 Å². The fourth-order valence-corrected chi connectivity index (χ4v) is 2.47. The molecular weight excluding hydrogens is 280 g/mol. The zero-order chi connectivity index (χ0) is 14.8. The molecule has 0 radical (unpaired) electrons. The van der Waals surface area contributed by atoms with Crippen molar-refractivity contribution in [2.45, 2.75) is 31.8 Å². The Morgan fingerprint density at radius 2 is 2.25 bits per heavy atom. The highest BCUT2D eigenvalue weighted by Gasteiger charge is 2.28. The van der Waals surface area contributed by atoms with Crippen molar-refractivity contribution in [3.63, 3.8) is 0 Å². The van der Waals surface area contributed by atoms with Crippen molar-refractivity contribution < 1.29 is 9.90 Å². The number of hydrogen-bond donors (Lipinski definition) is 3. The van der Waals surface area contributed by atoms with E-state index in [1.54, 1.807) is 24.0 Å². The van der Waals surface area contributed by atoms with E-state index in [1.165, 1.54) is 0 Å². The minimum atomic E-state index is -0.715. The lowest BCUT2D eigenvalue weighted by atomic mass is 9.98. The molecule has 1 saturated heterocycles. The Morgan fingerprint density at radius 1 is 1.50 bits per heavy atom. The molecule has 1 aliphatic rings. The Morgan fingerprint density at radius 3 is 2.95 bits per heavy atom. The summed E-state index contributed by atoms with van der Waals surface area (Å²) in [6.07, 6.45) is 1.98. The van der Waals surface area contributed by atoms with Crippen molar-refractivity contribution in [1.29, 1.82) is 0 Å². The van der Waals surface area contributed by atoms with Crippen LogP contribution in [0.3, 0.4) is 0 Å². The number of hydrazine groups is 1. The molecule has 2 rings (SSSR count). The third-order valence-corrected chi connectivity index (χ3v) is 3.85. The van der Waals surface area contributed by atoms with Gasteiger partial charge in [0.05, 0.1) is 10.6 Å². The number of aliphatic hydroxyl groups is 1. The summed E-state index contributed by atoms with van der Waals surface area (Å²) in [5, 5.41) is 10.4. The normalized spacial score (nSPS) is 23.3. The molecule has 2 heterocycles. The number of nitrogens with one attached hydrogen (secondary N) is 1. The first-order valence-corrected chi connectivity index (χ1v) is 6.95. The number of aromatic nitrogens is 1. The van der Waals surface area contributed by atoms with Crippen LogP contribution in [0.25, 0.3) is 0 Å². The number of hydrogen-bond acceptors (Lipinski definition) is 5. The molecular formula is C13H19ClN4O2. The zero-order valence-corrected chi connectivity index (χ0v) is 12.2. The van der Waals surface area contributed by atoms with Crippen molar-refractivity contribution in [2.75, 3.05) is 18.5 Å². The number of nitrogens with two attached hydrogens (primary N) is 1. The Hall–Kier alpha value is -1.37. The van der Waals surface area contributed by atoms with E-state index in [0.29, 0.717) is 36.8 Å². The summed E-state index contributed by atoms with van der Waals surface area (Å²) in [7, 11) is 0. The van der Waals surface area contributed by atoms with Crippen molar-refractivity contribution in [3.05, 3.63) is 22.8 Å². The molecule has 6 nitrogen and oxygen atoms in total. The van der Waals surface area contributed by atoms with E-state index in [4.69, 9.17) is 17.4 Å². The molecule has 1 aromatic heterocycles. The SMILES string of the molecule is CC1(O)CCCN(C(=O)c2nc(NN)ccc2Cl)CC1. The molecule has 1 fully saturated rings. The molecule has 0 aromatic carbocycles. The third kappa shape index (κ3) is 3.39. The lowest BCUT2D eigenvalue weighted by molar-refractivity contribution is 0.0437. The maximum Gasteiger partial charge on any atom is 0.274 e. The summed E-state index contributed by atoms with van der Waals surface area (Å²) in [5.74, 6) is 5.45. The molecule has 0 aliphatic carbocycles. The van der Waals surface area contributed by atoms with Gasteiger partial charge in [-0.25, -0.2) is 10.8 Å². The van der Waals surface area contributed by atoms with Crippen LogP contribution in [0.5, 0.6) is 0 Å². The summed E-state index contributed by atoms with van der Waals surface area (Å²) in [4.78, 5) is 18.3. The van der Waals surface area contributed by atoms with Gasteiger partial charge in [0.2, 0.25) is 0 Å². The van der Waals surface area contributed by atoms with E-state index in [9.17, 15) is 9.90 Å². The molecule has 1 aromatic rings. The third-order valence-electron chi connectivity index (χ3n) is 3.55. The van der Waals surface area contributed by atoms with Crippen molar-refractivity contribution in [1.82, 2.24) is 9.88 Å². The zero-order valence-electron chi connectivity index (χ0n) is 11.4. The minimum absolute atomic E-state index is 0.184. The summed E-state index contributed by atoms with van der Waals surface area (Å²) >= 11 is 6.04. The van der Waals surface area contributed by atoms with Crippen molar-refractivity contribution in [3.8, 4) is 0 Å². The van der Waals surface area contributed by atoms with E-state index in [0.717, 1.165) is 6.42 Å². The molecule has 110 valence electrons. The number of likely N-dealkylation sites (tertiary alicyclic amines) is 1. The predicted molar refractivity (Wildman–Crippen MR) is 77.4 cm³/mol. The minimum Gasteiger partial charge on any atom is -0.390 e. The molecule has 1 atom stereocenters. The van der Waals surface area contributed by atoms with Crippen molar-refractivity contribution >= 4 is 23.3 Å². The van der Waals surface area contributed by atoms with Crippen LogP contribution in [0.2, 0.25) is 5.02 Å². The van der Waals surface area contributed by atoms with Gasteiger partial charge in [0.15, 0.2) is 0 Å². The standard InChI is InChI=1S/C13H19ClN4O2/c1-13(20)5-2-7-18(8-6-13)12(19)11-9(14)3-4-10(16-11)17-15/h3-4,20H,2,5-8,15H2,1H3,(H,16,17). The van der Waals surface area contributed by atoms with Crippen LogP contribution in [0.4, 0.5) is 5.82 Å². The van der Waals surface area contributed by atoms with Crippen LogP contribution < -0.4 is 11.3 Å². The predicted octanol–water partition coefficient (Wildman–Crippen LogP) is 1.40. The smallest absolute Gasteiger partial charge is 0.274 e. The van der Waals surface area contributed by atoms with Crippen LogP contribution in [0.15, 0.2) is 12.1 Å². The monoisotopic (exact) mass is 298 g/mol. The number of nitrogens with zero attached hydrogens (tertiary/aromatic N) is 2. The summed E-state index contributed by atoms with van der Waals surface area (Å²) in [5.41, 5.74) is 1.87. The number of pyridine rings is 1. The molecule has 1 aliphatic heterocycles. The van der Waals surface area contributed by atoms with Crippen LogP contribution in [0, 0.1) is 0 Å². The number of amides is 1. The van der Waals surface area contributed by atoms with Gasteiger partial charge in [0.1, 0.15) is 11.5 Å². The first kappa shape index (κ1) is 15.0. The van der Waals surface area contributed by atoms with Gasteiger partial charge in [0.25, 0.3) is 5.91 Å². The molecule has 7 heteroatoms. The topological polar surface area (TPSA) is 91.5 Å². The Bertz CT molecular complexity index is 507. The van der Waals surface area contributed by atoms with Gasteiger partial charge < -0.3 is 15.4 Å². The number of nitrogen functional groups attached to an aromatic ring is 1. The summed E-state index contributed by atoms with van der Waals surface area (Å²) in [6.45, 7) is 2.88. The van der Waals surface area contributed by atoms with Gasteiger partial charge >= 0.3 is 0 Å². The first-order chi connectivity index (χ1) is 9.43. The van der Waals surface area contributed by atoms with Gasteiger partial charge in [0, 0.05) is 13.1 Å². The number of carbonyl (C=O) groups excluding carboxylic acids is 1. The lowest BCUT2D eigenvalue weighted by Crippen LogP contribution is -2.34. The van der Waals surface area contributed by atoms with Crippen LogP contribution in [-0.4, -0.2) is 39.6 Å². The van der Waals surface area contributed by atoms with E-state index in [1.807, 2.05) is 0 Å². The van der Waals surface area contributed by atoms with E-state index >= 15 is 0 Å².